The second kappa shape index (κ2) is 11.5. The molecule has 0 aliphatic rings. The lowest BCUT2D eigenvalue weighted by Gasteiger charge is -2.09. The molecule has 9 rings (SSSR count). The average Bonchev–Trinajstić information content (AvgIpc) is 3.53. The largest absolute Gasteiger partial charge is 0.226 e. The van der Waals surface area contributed by atoms with Crippen molar-refractivity contribution in [1.29, 1.82) is 0 Å². The van der Waals surface area contributed by atoms with Gasteiger partial charge in [0.15, 0.2) is 5.82 Å². The summed E-state index contributed by atoms with van der Waals surface area (Å²) in [5.74, 6) is 0.732. The molecule has 0 fully saturated rings. The molecule has 3 heteroatoms. The van der Waals surface area contributed by atoms with Crippen molar-refractivity contribution in [3.8, 4) is 56.0 Å². The molecule has 0 saturated heterocycles. The fourth-order valence-corrected chi connectivity index (χ4v) is 7.63. The van der Waals surface area contributed by atoms with Gasteiger partial charge in [-0.2, -0.15) is 0 Å². The highest BCUT2D eigenvalue weighted by molar-refractivity contribution is 7.26. The zero-order chi connectivity index (χ0) is 31.2. The third-order valence-corrected chi connectivity index (χ3v) is 10.0. The summed E-state index contributed by atoms with van der Waals surface area (Å²) in [5, 5.41) is 3.65. The molecule has 0 unspecified atom stereocenters. The summed E-state index contributed by atoms with van der Waals surface area (Å²) in [4.78, 5) is 10.6. The molecule has 220 valence electrons. The number of fused-ring (bicyclic) bond motifs is 4. The lowest BCUT2D eigenvalue weighted by atomic mass is 10.00. The van der Waals surface area contributed by atoms with Crippen molar-refractivity contribution in [3.63, 3.8) is 0 Å². The molecule has 0 N–H and O–H groups in total. The van der Waals surface area contributed by atoms with Gasteiger partial charge in [0.1, 0.15) is 0 Å². The van der Waals surface area contributed by atoms with Gasteiger partial charge >= 0.3 is 0 Å². The Bertz CT molecular complexity index is 2550. The van der Waals surface area contributed by atoms with Crippen molar-refractivity contribution < 1.29 is 0 Å². The van der Waals surface area contributed by atoms with Crippen LogP contribution in [0.15, 0.2) is 170 Å². The Morgan fingerprint density at radius 1 is 0.362 bits per heavy atom. The van der Waals surface area contributed by atoms with Gasteiger partial charge in [0.25, 0.3) is 0 Å². The van der Waals surface area contributed by atoms with Crippen LogP contribution in [0, 0.1) is 0 Å². The molecule has 0 atom stereocenters. The predicted octanol–water partition coefficient (Wildman–Crippen LogP) is 12.3. The minimum atomic E-state index is 0.732. The molecule has 0 spiro atoms. The van der Waals surface area contributed by atoms with Crippen LogP contribution in [0.4, 0.5) is 0 Å². The number of rotatable bonds is 5. The van der Waals surface area contributed by atoms with Gasteiger partial charge in [-0.05, 0) is 62.4 Å². The molecule has 2 aromatic heterocycles. The Balaban J connectivity index is 1.22. The second-order valence-corrected chi connectivity index (χ2v) is 12.9. The first-order valence-electron chi connectivity index (χ1n) is 15.8. The zero-order valence-corrected chi connectivity index (χ0v) is 26.3. The first kappa shape index (κ1) is 27.4. The second-order valence-electron chi connectivity index (χ2n) is 11.8. The maximum Gasteiger partial charge on any atom is 0.160 e. The Labute approximate surface area is 277 Å². The van der Waals surface area contributed by atoms with Gasteiger partial charge in [0.05, 0.1) is 15.9 Å². The van der Waals surface area contributed by atoms with E-state index in [2.05, 4.69) is 164 Å². The predicted molar refractivity (Wildman–Crippen MR) is 200 cm³/mol. The third kappa shape index (κ3) is 5.07. The van der Waals surface area contributed by atoms with Crippen molar-refractivity contribution in [3.05, 3.63) is 170 Å². The fourth-order valence-electron chi connectivity index (χ4n) is 6.43. The van der Waals surface area contributed by atoms with Crippen molar-refractivity contribution >= 4 is 42.4 Å². The van der Waals surface area contributed by atoms with Gasteiger partial charge in [-0.25, -0.2) is 9.97 Å². The number of hydrogen-bond donors (Lipinski definition) is 0. The van der Waals surface area contributed by atoms with Crippen molar-refractivity contribution in [2.75, 3.05) is 0 Å². The van der Waals surface area contributed by atoms with E-state index in [1.807, 2.05) is 6.07 Å². The van der Waals surface area contributed by atoms with E-state index < -0.39 is 0 Å². The lowest BCUT2D eigenvalue weighted by molar-refractivity contribution is 1.24. The Morgan fingerprint density at radius 3 is 1.70 bits per heavy atom. The molecular formula is C44H28N2S. The zero-order valence-electron chi connectivity index (χ0n) is 25.5. The van der Waals surface area contributed by atoms with Crippen LogP contribution in [0.1, 0.15) is 0 Å². The van der Waals surface area contributed by atoms with E-state index in [9.17, 15) is 0 Å². The van der Waals surface area contributed by atoms with Crippen LogP contribution >= 0.6 is 11.3 Å². The van der Waals surface area contributed by atoms with Gasteiger partial charge in [0.2, 0.25) is 0 Å². The number of nitrogens with zero attached hydrogens (tertiary/aromatic N) is 2. The van der Waals surface area contributed by atoms with Gasteiger partial charge in [-0.3, -0.25) is 0 Å². The van der Waals surface area contributed by atoms with E-state index in [4.69, 9.17) is 9.97 Å². The summed E-state index contributed by atoms with van der Waals surface area (Å²) < 4.78 is 2.31. The fraction of sp³-hybridized carbons (Fsp3) is 0. The molecule has 47 heavy (non-hydrogen) atoms. The number of benzene rings is 7. The molecule has 7 aromatic carbocycles. The number of hydrogen-bond acceptors (Lipinski definition) is 3. The molecule has 0 aliphatic heterocycles. The van der Waals surface area contributed by atoms with Crippen molar-refractivity contribution in [1.82, 2.24) is 9.97 Å². The van der Waals surface area contributed by atoms with Gasteiger partial charge in [-0.1, -0.05) is 152 Å². The molecular weight excluding hydrogens is 589 g/mol. The van der Waals surface area contributed by atoms with E-state index in [1.54, 1.807) is 11.3 Å². The topological polar surface area (TPSA) is 25.8 Å². The van der Waals surface area contributed by atoms with E-state index in [0.29, 0.717) is 0 Å². The Morgan fingerprint density at radius 2 is 0.915 bits per heavy atom. The van der Waals surface area contributed by atoms with Crippen LogP contribution < -0.4 is 0 Å². The number of aromatic nitrogens is 2. The maximum absolute atomic E-state index is 5.29. The summed E-state index contributed by atoms with van der Waals surface area (Å²) in [6.07, 6.45) is 0. The summed E-state index contributed by atoms with van der Waals surface area (Å²) in [6, 6.07) is 60.3. The van der Waals surface area contributed by atoms with Crippen molar-refractivity contribution in [2.45, 2.75) is 0 Å². The summed E-state index contributed by atoms with van der Waals surface area (Å²) in [5.41, 5.74) is 11.2. The Hall–Kier alpha value is -5.90. The molecule has 0 radical (unpaired) electrons. The maximum atomic E-state index is 5.29. The molecule has 0 saturated carbocycles. The quantitative estimate of drug-likeness (QED) is 0.192. The SMILES string of the molecule is c1ccc(-c2ccc(-c3nc(-c4cccc(-c5ccccc5)c4)nc4c3sc3cc(-c5ccc6ccccc6c5)ccc34)cc2)cc1. The Kier molecular flexibility index (Phi) is 6.69. The normalized spacial score (nSPS) is 11.4. The summed E-state index contributed by atoms with van der Waals surface area (Å²) >= 11 is 1.78. The van der Waals surface area contributed by atoms with Gasteiger partial charge in [-0.15, -0.1) is 11.3 Å². The monoisotopic (exact) mass is 616 g/mol. The summed E-state index contributed by atoms with van der Waals surface area (Å²) in [6.45, 7) is 0. The van der Waals surface area contributed by atoms with E-state index in [0.717, 1.165) is 43.8 Å². The van der Waals surface area contributed by atoms with Crippen LogP contribution in [0.5, 0.6) is 0 Å². The van der Waals surface area contributed by atoms with Crippen LogP contribution in [0.25, 0.3) is 87.1 Å². The van der Waals surface area contributed by atoms with Crippen LogP contribution in [-0.4, -0.2) is 9.97 Å². The first-order valence-corrected chi connectivity index (χ1v) is 16.6. The van der Waals surface area contributed by atoms with E-state index >= 15 is 0 Å². The van der Waals surface area contributed by atoms with Crippen LogP contribution in [0.2, 0.25) is 0 Å². The molecule has 9 aromatic rings. The third-order valence-electron chi connectivity index (χ3n) is 8.89. The highest BCUT2D eigenvalue weighted by Crippen LogP contribution is 2.41. The lowest BCUT2D eigenvalue weighted by Crippen LogP contribution is -1.94. The number of thiophene rings is 1. The summed E-state index contributed by atoms with van der Waals surface area (Å²) in [7, 11) is 0. The van der Waals surface area contributed by atoms with Gasteiger partial charge < -0.3 is 0 Å². The molecule has 2 nitrogen and oxygen atoms in total. The molecule has 2 heterocycles. The molecule has 0 aliphatic carbocycles. The standard InChI is InChI=1S/C44H28N2S/c1-3-10-29(11-4-1)32-18-21-33(22-19-32)41-43-42(46-44(45-41)38-17-9-16-35(27-38)30-12-5-2-6-13-30)39-25-24-37(28-40(39)47-43)36-23-20-31-14-7-8-15-34(31)26-36/h1-28H. The highest BCUT2D eigenvalue weighted by atomic mass is 32.1. The molecule has 0 amide bonds. The molecule has 0 bridgehead atoms. The van der Waals surface area contributed by atoms with E-state index in [1.165, 1.54) is 43.3 Å². The van der Waals surface area contributed by atoms with Gasteiger partial charge in [0, 0.05) is 21.2 Å². The smallest absolute Gasteiger partial charge is 0.160 e. The van der Waals surface area contributed by atoms with Crippen molar-refractivity contribution in [2.24, 2.45) is 0 Å². The van der Waals surface area contributed by atoms with Crippen LogP contribution in [-0.2, 0) is 0 Å². The van der Waals surface area contributed by atoms with Crippen LogP contribution in [0.3, 0.4) is 0 Å². The van der Waals surface area contributed by atoms with E-state index in [-0.39, 0.29) is 0 Å². The highest BCUT2D eigenvalue weighted by Gasteiger charge is 2.18. The first-order chi connectivity index (χ1) is 23.3. The minimum absolute atomic E-state index is 0.732. The minimum Gasteiger partial charge on any atom is -0.226 e. The average molecular weight is 617 g/mol.